The molecule has 2 heterocycles. The van der Waals surface area contributed by atoms with Crippen LogP contribution in [0.25, 0.3) is 0 Å². The number of hydrogen-bond acceptors (Lipinski definition) is 7. The van der Waals surface area contributed by atoms with E-state index in [0.717, 1.165) is 37.3 Å². The van der Waals surface area contributed by atoms with Gasteiger partial charge in [-0.3, -0.25) is 5.32 Å². The normalized spacial score (nSPS) is 15.6. The van der Waals surface area contributed by atoms with Crippen LogP contribution in [0.3, 0.4) is 0 Å². The Kier molecular flexibility index (Phi) is 8.09. The molecule has 2 aromatic heterocycles. The fourth-order valence-electron chi connectivity index (χ4n) is 5.42. The predicted molar refractivity (Wildman–Crippen MR) is 132 cm³/mol. The van der Waals surface area contributed by atoms with Gasteiger partial charge in [-0.05, 0) is 85.1 Å². The molecule has 0 saturated heterocycles. The second kappa shape index (κ2) is 9.76. The van der Waals surface area contributed by atoms with Crippen LogP contribution in [-0.4, -0.2) is 40.4 Å². The molecule has 33 heavy (non-hydrogen) atoms. The van der Waals surface area contributed by atoms with Crippen molar-refractivity contribution < 1.29 is 0 Å². The molecule has 0 fully saturated rings. The minimum absolute atomic E-state index is 0.0138. The standard InChI is InChI=1S/C24H47N9/c1-13-17(19-26-28-30-32(19)23(9,10)15-21(3,4)5)25-18(14-2)20-27-29-31-33(20)24(11,12)16-22(6,7)8/h17-18,25H,13-16H2,1-12H3/t17-,18-/m1/s1. The van der Waals surface area contributed by atoms with E-state index in [2.05, 4.69) is 119 Å². The van der Waals surface area contributed by atoms with Crippen LogP contribution in [0.5, 0.6) is 0 Å². The Morgan fingerprint density at radius 1 is 0.636 bits per heavy atom. The van der Waals surface area contributed by atoms with Gasteiger partial charge in [0.25, 0.3) is 0 Å². The van der Waals surface area contributed by atoms with Gasteiger partial charge in [-0.2, -0.15) is 0 Å². The lowest BCUT2D eigenvalue weighted by Crippen LogP contribution is -2.39. The first-order valence-corrected chi connectivity index (χ1v) is 12.3. The molecule has 0 aromatic carbocycles. The van der Waals surface area contributed by atoms with Crippen molar-refractivity contribution in [2.75, 3.05) is 0 Å². The second-order valence-electron chi connectivity index (χ2n) is 13.1. The summed E-state index contributed by atoms with van der Waals surface area (Å²) in [4.78, 5) is 0. The molecule has 0 aliphatic heterocycles. The molecule has 2 aromatic rings. The molecule has 9 nitrogen and oxygen atoms in total. The average Bonchev–Trinajstić information content (AvgIpc) is 3.29. The molecule has 0 aliphatic carbocycles. The number of nitrogens with zero attached hydrogens (tertiary/aromatic N) is 8. The number of aromatic nitrogens is 8. The van der Waals surface area contributed by atoms with Gasteiger partial charge in [-0.15, -0.1) is 10.2 Å². The Morgan fingerprint density at radius 2 is 0.970 bits per heavy atom. The van der Waals surface area contributed by atoms with Crippen molar-refractivity contribution in [1.29, 1.82) is 0 Å². The van der Waals surface area contributed by atoms with Crippen LogP contribution in [0.1, 0.15) is 133 Å². The summed E-state index contributed by atoms with van der Waals surface area (Å²) in [7, 11) is 0. The minimum atomic E-state index is -0.204. The van der Waals surface area contributed by atoms with Gasteiger partial charge in [0.05, 0.1) is 23.2 Å². The highest BCUT2D eigenvalue weighted by Gasteiger charge is 2.36. The Balaban J connectivity index is 2.36. The van der Waals surface area contributed by atoms with Gasteiger partial charge in [-0.1, -0.05) is 55.4 Å². The molecule has 2 atom stereocenters. The van der Waals surface area contributed by atoms with Crippen molar-refractivity contribution in [2.45, 2.75) is 132 Å². The maximum Gasteiger partial charge on any atom is 0.168 e. The summed E-state index contributed by atoms with van der Waals surface area (Å²) in [6.07, 6.45) is 3.64. The van der Waals surface area contributed by atoms with Crippen molar-refractivity contribution in [2.24, 2.45) is 10.8 Å². The Morgan fingerprint density at radius 3 is 1.24 bits per heavy atom. The molecule has 188 valence electrons. The van der Waals surface area contributed by atoms with Gasteiger partial charge >= 0.3 is 0 Å². The number of tetrazole rings is 2. The minimum Gasteiger partial charge on any atom is -0.298 e. The van der Waals surface area contributed by atoms with Crippen LogP contribution in [0, 0.1) is 10.8 Å². The van der Waals surface area contributed by atoms with Gasteiger partial charge in [0, 0.05) is 0 Å². The summed E-state index contributed by atoms with van der Waals surface area (Å²) < 4.78 is 4.00. The molecule has 2 rings (SSSR count). The smallest absolute Gasteiger partial charge is 0.168 e. The van der Waals surface area contributed by atoms with Gasteiger partial charge in [0.1, 0.15) is 0 Å². The third-order valence-electron chi connectivity index (χ3n) is 5.90. The number of nitrogens with one attached hydrogen (secondary N) is 1. The van der Waals surface area contributed by atoms with E-state index in [1.54, 1.807) is 0 Å². The van der Waals surface area contributed by atoms with Crippen LogP contribution in [0.15, 0.2) is 0 Å². The van der Waals surface area contributed by atoms with Crippen LogP contribution < -0.4 is 5.32 Å². The topological polar surface area (TPSA) is 99.2 Å². The lowest BCUT2D eigenvalue weighted by atomic mass is 9.81. The van der Waals surface area contributed by atoms with Crippen molar-refractivity contribution in [3.05, 3.63) is 11.6 Å². The lowest BCUT2D eigenvalue weighted by Gasteiger charge is -2.35. The van der Waals surface area contributed by atoms with Crippen molar-refractivity contribution in [1.82, 2.24) is 45.7 Å². The highest BCUT2D eigenvalue weighted by molar-refractivity contribution is 5.03. The Hall–Kier alpha value is -1.90. The van der Waals surface area contributed by atoms with Crippen LogP contribution >= 0.6 is 0 Å². The Bertz CT molecular complexity index is 808. The summed E-state index contributed by atoms with van der Waals surface area (Å²) in [5, 5.41) is 29.6. The van der Waals surface area contributed by atoms with Crippen LogP contribution in [-0.2, 0) is 11.1 Å². The number of hydrogen-bond donors (Lipinski definition) is 1. The molecule has 0 aliphatic rings. The molecule has 0 saturated carbocycles. The van der Waals surface area contributed by atoms with Gasteiger partial charge in [0.2, 0.25) is 0 Å². The maximum atomic E-state index is 4.45. The molecular formula is C24H47N9. The molecule has 0 amide bonds. The molecule has 9 heteroatoms. The zero-order valence-corrected chi connectivity index (χ0v) is 23.1. The highest BCUT2D eigenvalue weighted by atomic mass is 15.6. The fourth-order valence-corrected chi connectivity index (χ4v) is 5.42. The quantitative estimate of drug-likeness (QED) is 0.519. The van der Waals surface area contributed by atoms with E-state index in [0.29, 0.717) is 0 Å². The van der Waals surface area contributed by atoms with Crippen molar-refractivity contribution in [3.63, 3.8) is 0 Å². The van der Waals surface area contributed by atoms with Crippen LogP contribution in [0.4, 0.5) is 0 Å². The van der Waals surface area contributed by atoms with Crippen LogP contribution in [0.2, 0.25) is 0 Å². The molecule has 0 spiro atoms. The third kappa shape index (κ3) is 7.04. The Labute approximate surface area is 200 Å². The van der Waals surface area contributed by atoms with Gasteiger partial charge < -0.3 is 0 Å². The van der Waals surface area contributed by atoms with E-state index in [1.165, 1.54) is 0 Å². The summed E-state index contributed by atoms with van der Waals surface area (Å²) in [6, 6.07) is -0.0276. The summed E-state index contributed by atoms with van der Waals surface area (Å²) in [5.41, 5.74) is -0.0859. The van der Waals surface area contributed by atoms with E-state index >= 15 is 0 Å². The second-order valence-corrected chi connectivity index (χ2v) is 13.1. The van der Waals surface area contributed by atoms with Crippen molar-refractivity contribution >= 4 is 0 Å². The SMILES string of the molecule is CC[C@@H](N[C@H](CC)c1nnnn1C(C)(C)CC(C)(C)C)c1nnnn1C(C)(C)CC(C)(C)C. The predicted octanol–water partition coefficient (Wildman–Crippen LogP) is 5.19. The van der Waals surface area contributed by atoms with E-state index in [-0.39, 0.29) is 34.0 Å². The summed E-state index contributed by atoms with van der Waals surface area (Å²) in [6.45, 7) is 26.6. The molecule has 0 radical (unpaired) electrons. The third-order valence-corrected chi connectivity index (χ3v) is 5.90. The zero-order chi connectivity index (χ0) is 25.2. The van der Waals surface area contributed by atoms with E-state index < -0.39 is 0 Å². The summed E-state index contributed by atoms with van der Waals surface area (Å²) in [5.74, 6) is 1.72. The summed E-state index contributed by atoms with van der Waals surface area (Å²) >= 11 is 0. The van der Waals surface area contributed by atoms with E-state index in [1.807, 2.05) is 9.36 Å². The molecule has 1 N–H and O–H groups in total. The fraction of sp³-hybridized carbons (Fsp3) is 0.917. The molecule has 0 unspecified atom stereocenters. The first-order chi connectivity index (χ1) is 15.0. The van der Waals surface area contributed by atoms with Gasteiger partial charge in [-0.25, -0.2) is 9.36 Å². The monoisotopic (exact) mass is 461 g/mol. The zero-order valence-electron chi connectivity index (χ0n) is 23.1. The maximum absolute atomic E-state index is 4.45. The average molecular weight is 462 g/mol. The molecular weight excluding hydrogens is 414 g/mol. The highest BCUT2D eigenvalue weighted by Crippen LogP contribution is 2.35. The first-order valence-electron chi connectivity index (χ1n) is 12.3. The number of rotatable bonds is 10. The van der Waals surface area contributed by atoms with Crippen molar-refractivity contribution in [3.8, 4) is 0 Å². The van der Waals surface area contributed by atoms with E-state index in [4.69, 9.17) is 0 Å². The lowest BCUT2D eigenvalue weighted by molar-refractivity contribution is 0.180. The largest absolute Gasteiger partial charge is 0.298 e. The van der Waals surface area contributed by atoms with Gasteiger partial charge in [0.15, 0.2) is 11.6 Å². The first kappa shape index (κ1) is 27.3. The molecule has 0 bridgehead atoms. The van der Waals surface area contributed by atoms with E-state index in [9.17, 15) is 0 Å².